The first-order valence-electron chi connectivity index (χ1n) is 7.14. The third-order valence-corrected chi connectivity index (χ3v) is 3.97. The molecule has 2 N–H and O–H groups in total. The lowest BCUT2D eigenvalue weighted by Crippen LogP contribution is -1.86. The van der Waals surface area contributed by atoms with Crippen LogP contribution in [0.4, 0.5) is 0 Å². The van der Waals surface area contributed by atoms with Crippen LogP contribution in [0.15, 0.2) is 71.9 Å². The van der Waals surface area contributed by atoms with Crippen LogP contribution in [-0.4, -0.2) is 16.4 Å². The van der Waals surface area contributed by atoms with Crippen LogP contribution in [0.25, 0.3) is 32.9 Å². The monoisotopic (exact) mass is 286 g/mol. The van der Waals surface area contributed by atoms with E-state index in [1.807, 2.05) is 36.4 Å². The molecule has 0 saturated carbocycles. The zero-order valence-corrected chi connectivity index (χ0v) is 11.8. The van der Waals surface area contributed by atoms with Crippen LogP contribution in [0.3, 0.4) is 0 Å². The molecule has 0 aliphatic rings. The van der Waals surface area contributed by atoms with Gasteiger partial charge in [0.05, 0.1) is 11.9 Å². The lowest BCUT2D eigenvalue weighted by molar-refractivity contribution is 0.322. The molecule has 0 spiro atoms. The Morgan fingerprint density at radius 2 is 1.64 bits per heavy atom. The number of aromatic nitrogens is 1. The maximum Gasteiger partial charge on any atom is 0.0761 e. The topological polar surface area (TPSA) is 48.4 Å². The summed E-state index contributed by atoms with van der Waals surface area (Å²) in [5, 5.41) is 15.7. The summed E-state index contributed by atoms with van der Waals surface area (Å²) in [6.07, 6.45) is 1.49. The van der Waals surface area contributed by atoms with Gasteiger partial charge in [-0.1, -0.05) is 59.8 Å². The minimum atomic E-state index is 0.897. The maximum absolute atomic E-state index is 9.00. The minimum Gasteiger partial charge on any atom is -0.411 e. The fourth-order valence-corrected chi connectivity index (χ4v) is 2.93. The van der Waals surface area contributed by atoms with Crippen molar-refractivity contribution < 1.29 is 5.21 Å². The SMILES string of the molecule is O/N=C/c1c(-c2ccc3ccccc3c2)[nH]c2ccccc12. The van der Waals surface area contributed by atoms with Crippen LogP contribution in [-0.2, 0) is 0 Å². The summed E-state index contributed by atoms with van der Waals surface area (Å²) in [5.41, 5.74) is 3.96. The van der Waals surface area contributed by atoms with E-state index in [-0.39, 0.29) is 0 Å². The Bertz CT molecular complexity index is 999. The summed E-state index contributed by atoms with van der Waals surface area (Å²) in [4.78, 5) is 3.43. The highest BCUT2D eigenvalue weighted by atomic mass is 16.4. The van der Waals surface area contributed by atoms with Crippen molar-refractivity contribution in [2.24, 2.45) is 5.16 Å². The molecule has 0 aliphatic heterocycles. The van der Waals surface area contributed by atoms with Gasteiger partial charge in [-0.3, -0.25) is 0 Å². The van der Waals surface area contributed by atoms with Gasteiger partial charge in [0.15, 0.2) is 0 Å². The molecule has 3 aromatic carbocycles. The van der Waals surface area contributed by atoms with E-state index in [2.05, 4.69) is 40.5 Å². The van der Waals surface area contributed by atoms with Crippen molar-refractivity contribution >= 4 is 27.9 Å². The molecule has 0 atom stereocenters. The van der Waals surface area contributed by atoms with Crippen molar-refractivity contribution in [3.63, 3.8) is 0 Å². The molecule has 0 radical (unpaired) electrons. The zero-order valence-electron chi connectivity index (χ0n) is 11.8. The molecule has 4 rings (SSSR count). The number of oxime groups is 1. The molecule has 0 saturated heterocycles. The number of hydrogen-bond donors (Lipinski definition) is 2. The van der Waals surface area contributed by atoms with Gasteiger partial charge in [-0.15, -0.1) is 0 Å². The summed E-state index contributed by atoms with van der Waals surface area (Å²) >= 11 is 0. The van der Waals surface area contributed by atoms with Gasteiger partial charge in [-0.25, -0.2) is 0 Å². The van der Waals surface area contributed by atoms with Crippen LogP contribution >= 0.6 is 0 Å². The fourth-order valence-electron chi connectivity index (χ4n) is 2.93. The van der Waals surface area contributed by atoms with E-state index in [4.69, 9.17) is 5.21 Å². The minimum absolute atomic E-state index is 0.897. The van der Waals surface area contributed by atoms with Crippen LogP contribution in [0, 0.1) is 0 Å². The van der Waals surface area contributed by atoms with Crippen LogP contribution in [0.5, 0.6) is 0 Å². The molecular weight excluding hydrogens is 272 g/mol. The third kappa shape index (κ3) is 1.95. The van der Waals surface area contributed by atoms with Gasteiger partial charge in [0.2, 0.25) is 0 Å². The van der Waals surface area contributed by atoms with Crippen LogP contribution in [0.1, 0.15) is 5.56 Å². The van der Waals surface area contributed by atoms with Crippen molar-refractivity contribution in [1.82, 2.24) is 4.98 Å². The van der Waals surface area contributed by atoms with Crippen molar-refractivity contribution in [2.75, 3.05) is 0 Å². The Kier molecular flexibility index (Phi) is 2.90. The highest BCUT2D eigenvalue weighted by Crippen LogP contribution is 2.31. The predicted octanol–water partition coefficient (Wildman–Crippen LogP) is 4.80. The number of fused-ring (bicyclic) bond motifs is 2. The van der Waals surface area contributed by atoms with Crippen molar-refractivity contribution in [3.8, 4) is 11.3 Å². The van der Waals surface area contributed by atoms with E-state index in [1.165, 1.54) is 17.0 Å². The van der Waals surface area contributed by atoms with E-state index in [0.29, 0.717) is 0 Å². The van der Waals surface area contributed by atoms with Gasteiger partial charge in [0, 0.05) is 16.5 Å². The van der Waals surface area contributed by atoms with E-state index in [9.17, 15) is 0 Å². The molecule has 3 nitrogen and oxygen atoms in total. The Balaban J connectivity index is 2.00. The van der Waals surface area contributed by atoms with Gasteiger partial charge >= 0.3 is 0 Å². The van der Waals surface area contributed by atoms with Gasteiger partial charge in [-0.2, -0.15) is 0 Å². The summed E-state index contributed by atoms with van der Waals surface area (Å²) in [7, 11) is 0. The third-order valence-electron chi connectivity index (χ3n) is 3.97. The Labute approximate surface area is 127 Å². The summed E-state index contributed by atoms with van der Waals surface area (Å²) in [6.45, 7) is 0. The Morgan fingerprint density at radius 3 is 2.50 bits per heavy atom. The molecule has 106 valence electrons. The van der Waals surface area contributed by atoms with Crippen molar-refractivity contribution in [3.05, 3.63) is 72.3 Å². The number of nitrogens with zero attached hydrogens (tertiary/aromatic N) is 1. The fraction of sp³-hybridized carbons (Fsp3) is 0. The number of aromatic amines is 1. The summed E-state index contributed by atoms with van der Waals surface area (Å²) in [6, 6.07) is 22.6. The van der Waals surface area contributed by atoms with Crippen LogP contribution < -0.4 is 0 Å². The first-order chi connectivity index (χ1) is 10.9. The number of rotatable bonds is 2. The molecule has 0 unspecified atom stereocenters. The van der Waals surface area contributed by atoms with Gasteiger partial charge in [0.1, 0.15) is 0 Å². The predicted molar refractivity (Wildman–Crippen MR) is 90.6 cm³/mol. The van der Waals surface area contributed by atoms with Crippen molar-refractivity contribution in [2.45, 2.75) is 0 Å². The average Bonchev–Trinajstić information content (AvgIpc) is 2.94. The maximum atomic E-state index is 9.00. The molecule has 3 heteroatoms. The lowest BCUT2D eigenvalue weighted by Gasteiger charge is -2.03. The molecule has 1 heterocycles. The standard InChI is InChI=1S/C19H14N2O/c22-20-12-17-16-7-3-4-8-18(16)21-19(17)15-10-9-13-5-1-2-6-14(13)11-15/h1-12,21-22H/b20-12+. The summed E-state index contributed by atoms with van der Waals surface area (Å²) in [5.74, 6) is 0. The Hall–Kier alpha value is -3.07. The first kappa shape index (κ1) is 12.7. The van der Waals surface area contributed by atoms with Gasteiger partial charge in [0.25, 0.3) is 0 Å². The van der Waals surface area contributed by atoms with Gasteiger partial charge in [-0.05, 0) is 28.5 Å². The number of para-hydroxylation sites is 1. The zero-order chi connectivity index (χ0) is 14.9. The molecule has 22 heavy (non-hydrogen) atoms. The van der Waals surface area contributed by atoms with Crippen molar-refractivity contribution in [1.29, 1.82) is 0 Å². The van der Waals surface area contributed by atoms with E-state index >= 15 is 0 Å². The van der Waals surface area contributed by atoms with E-state index < -0.39 is 0 Å². The van der Waals surface area contributed by atoms with E-state index in [1.54, 1.807) is 0 Å². The van der Waals surface area contributed by atoms with Gasteiger partial charge < -0.3 is 10.2 Å². The molecule has 0 amide bonds. The number of hydrogen-bond acceptors (Lipinski definition) is 2. The smallest absolute Gasteiger partial charge is 0.0761 e. The summed E-state index contributed by atoms with van der Waals surface area (Å²) < 4.78 is 0. The molecule has 0 bridgehead atoms. The molecular formula is C19H14N2O. The quantitative estimate of drug-likeness (QED) is 0.310. The molecule has 0 aliphatic carbocycles. The molecule has 4 aromatic rings. The average molecular weight is 286 g/mol. The van der Waals surface area contributed by atoms with Crippen LogP contribution in [0.2, 0.25) is 0 Å². The number of H-pyrrole nitrogens is 1. The molecule has 0 fully saturated rings. The Morgan fingerprint density at radius 1 is 0.864 bits per heavy atom. The largest absolute Gasteiger partial charge is 0.411 e. The number of benzene rings is 3. The second-order valence-corrected chi connectivity index (χ2v) is 5.27. The van der Waals surface area contributed by atoms with E-state index in [0.717, 1.165) is 27.7 Å². The first-order valence-corrected chi connectivity index (χ1v) is 7.14. The molecule has 1 aromatic heterocycles. The number of nitrogens with one attached hydrogen (secondary N) is 1. The normalized spacial score (nSPS) is 11.6. The second-order valence-electron chi connectivity index (χ2n) is 5.27. The highest BCUT2D eigenvalue weighted by molar-refractivity contribution is 6.06. The second kappa shape index (κ2) is 5.04. The lowest BCUT2D eigenvalue weighted by atomic mass is 10.0. The highest BCUT2D eigenvalue weighted by Gasteiger charge is 2.11.